The van der Waals surface area contributed by atoms with Crippen LogP contribution in [0.4, 0.5) is 10.2 Å². The van der Waals surface area contributed by atoms with Crippen LogP contribution in [0.3, 0.4) is 0 Å². The molecule has 0 aliphatic carbocycles. The smallest absolute Gasteiger partial charge is 0.363 e. The van der Waals surface area contributed by atoms with Gasteiger partial charge in [0.2, 0.25) is 0 Å². The highest BCUT2D eigenvalue weighted by Crippen LogP contribution is 2.43. The number of fused-ring (bicyclic) bond motifs is 2. The molecule has 0 spiro atoms. The number of hydrogen-bond acceptors (Lipinski definition) is 5. The fourth-order valence-electron chi connectivity index (χ4n) is 3.72. The van der Waals surface area contributed by atoms with Crippen molar-refractivity contribution in [2.75, 3.05) is 13.2 Å². The summed E-state index contributed by atoms with van der Waals surface area (Å²) in [4.78, 5) is 29.9. The molecular weight excluding hydrogens is 419 g/mol. The Bertz CT molecular complexity index is 994. The van der Waals surface area contributed by atoms with E-state index in [4.69, 9.17) is 9.26 Å². The van der Waals surface area contributed by atoms with Crippen LogP contribution in [0.5, 0.6) is 0 Å². The van der Waals surface area contributed by atoms with Crippen molar-refractivity contribution in [3.63, 3.8) is 0 Å². The van der Waals surface area contributed by atoms with Gasteiger partial charge in [-0.1, -0.05) is 19.4 Å². The topological polar surface area (TPSA) is 73.8 Å². The summed E-state index contributed by atoms with van der Waals surface area (Å²) in [5.41, 5.74) is 1.09. The van der Waals surface area contributed by atoms with Crippen LogP contribution in [-0.4, -0.2) is 29.4 Å². The molecule has 1 aromatic heterocycles. The lowest BCUT2D eigenvalue weighted by Gasteiger charge is -2.33. The molecule has 0 bridgehead atoms. The lowest BCUT2D eigenvalue weighted by atomic mass is 9.74. The monoisotopic (exact) mass is 436 g/mol. The van der Waals surface area contributed by atoms with Crippen LogP contribution >= 0.6 is 15.9 Å². The first-order valence-corrected chi connectivity index (χ1v) is 9.67. The van der Waals surface area contributed by atoms with E-state index in [2.05, 4.69) is 20.9 Å². The quantitative estimate of drug-likeness (QED) is 0.733. The number of Topliss-reactive ketones (excluding diaryl/α,β-unsaturated/α-hetero) is 1. The molecule has 1 fully saturated rings. The van der Waals surface area contributed by atoms with E-state index in [-0.39, 0.29) is 23.5 Å². The molecule has 3 heterocycles. The van der Waals surface area contributed by atoms with Gasteiger partial charge in [-0.2, -0.15) is 4.74 Å². The predicted molar refractivity (Wildman–Crippen MR) is 100 cm³/mol. The van der Waals surface area contributed by atoms with Crippen LogP contribution in [-0.2, 0) is 16.1 Å². The van der Waals surface area contributed by atoms with Gasteiger partial charge in [-0.25, -0.2) is 14.2 Å². The van der Waals surface area contributed by atoms with E-state index >= 15 is 0 Å². The molecule has 27 heavy (non-hydrogen) atoms. The van der Waals surface area contributed by atoms with Gasteiger partial charge in [0.25, 0.3) is 0 Å². The molecule has 6 nitrogen and oxygen atoms in total. The molecule has 0 radical (unpaired) electrons. The number of nitrogens with zero attached hydrogens (tertiary/aromatic N) is 2. The second kappa shape index (κ2) is 7.16. The first-order valence-electron chi connectivity index (χ1n) is 8.88. The van der Waals surface area contributed by atoms with Gasteiger partial charge in [-0.3, -0.25) is 4.79 Å². The Morgan fingerprint density at radius 3 is 2.85 bits per heavy atom. The molecule has 2 aliphatic rings. The van der Waals surface area contributed by atoms with Crippen LogP contribution < -0.4 is 5.63 Å². The number of aryl methyl sites for hydroxylation is 1. The van der Waals surface area contributed by atoms with Crippen molar-refractivity contribution in [2.24, 2.45) is 10.9 Å². The summed E-state index contributed by atoms with van der Waals surface area (Å²) in [6, 6.07) is 4.53. The SMILES string of the molecule is CCCCn1oc(=O)c2c1N=C1COCC(=O)C1C2c1ccc(F)c(Br)c1. The van der Waals surface area contributed by atoms with Gasteiger partial charge in [0.05, 0.1) is 34.8 Å². The van der Waals surface area contributed by atoms with Gasteiger partial charge >= 0.3 is 5.63 Å². The van der Waals surface area contributed by atoms with E-state index in [0.29, 0.717) is 29.2 Å². The van der Waals surface area contributed by atoms with E-state index in [1.807, 2.05) is 6.92 Å². The van der Waals surface area contributed by atoms with Crippen molar-refractivity contribution >= 4 is 33.2 Å². The third-order valence-corrected chi connectivity index (χ3v) is 5.61. The maximum atomic E-state index is 13.8. The van der Waals surface area contributed by atoms with Crippen LogP contribution in [0.25, 0.3) is 0 Å². The number of carbonyl (C=O) groups is 1. The van der Waals surface area contributed by atoms with Crippen molar-refractivity contribution in [3.05, 3.63) is 50.0 Å². The fraction of sp³-hybridized carbons (Fsp3) is 0.421. The molecule has 0 N–H and O–H groups in total. The summed E-state index contributed by atoms with van der Waals surface area (Å²) >= 11 is 3.19. The molecule has 2 aromatic rings. The highest BCUT2D eigenvalue weighted by Gasteiger charge is 2.44. The van der Waals surface area contributed by atoms with Crippen LogP contribution in [0, 0.1) is 11.7 Å². The van der Waals surface area contributed by atoms with Crippen molar-refractivity contribution in [3.8, 4) is 0 Å². The number of hydrogen-bond donors (Lipinski definition) is 0. The normalized spacial score (nSPS) is 21.6. The van der Waals surface area contributed by atoms with Gasteiger partial charge in [0.1, 0.15) is 12.4 Å². The molecule has 2 atom stereocenters. The zero-order valence-corrected chi connectivity index (χ0v) is 16.3. The molecule has 1 aromatic carbocycles. The van der Waals surface area contributed by atoms with Crippen LogP contribution in [0.15, 0.2) is 37.0 Å². The maximum absolute atomic E-state index is 13.8. The van der Waals surface area contributed by atoms with Gasteiger partial charge in [0, 0.05) is 5.92 Å². The molecule has 4 rings (SSSR count). The summed E-state index contributed by atoms with van der Waals surface area (Å²) in [5, 5.41) is 0. The standard InChI is InChI=1S/C19H18BrFN2O4/c1-2-3-6-23-18-17(19(25)27-23)15(10-4-5-12(21)11(20)7-10)16-13(22-18)8-26-9-14(16)24/h4-5,7,15-16H,2-3,6,8-9H2,1H3. The lowest BCUT2D eigenvalue weighted by molar-refractivity contribution is -0.127. The number of ketones is 1. The number of rotatable bonds is 4. The van der Waals surface area contributed by atoms with Crippen molar-refractivity contribution < 1.29 is 18.4 Å². The number of unbranched alkanes of at least 4 members (excludes halogenated alkanes) is 1. The zero-order chi connectivity index (χ0) is 19.1. The average molecular weight is 437 g/mol. The first kappa shape index (κ1) is 18.3. The van der Waals surface area contributed by atoms with E-state index < -0.39 is 23.3 Å². The largest absolute Gasteiger partial charge is 0.368 e. The molecule has 1 saturated heterocycles. The molecule has 2 aliphatic heterocycles. The van der Waals surface area contributed by atoms with E-state index in [1.165, 1.54) is 10.8 Å². The van der Waals surface area contributed by atoms with Crippen molar-refractivity contribution in [1.82, 2.24) is 4.74 Å². The summed E-state index contributed by atoms with van der Waals surface area (Å²) in [7, 11) is 0. The maximum Gasteiger partial charge on any atom is 0.363 e. The van der Waals surface area contributed by atoms with Crippen LogP contribution in [0.2, 0.25) is 0 Å². The average Bonchev–Trinajstić information content (AvgIpc) is 2.96. The molecule has 142 valence electrons. The fourth-order valence-corrected chi connectivity index (χ4v) is 4.12. The molecule has 0 saturated carbocycles. The second-order valence-corrected chi connectivity index (χ2v) is 7.62. The van der Waals surface area contributed by atoms with Gasteiger partial charge in [0.15, 0.2) is 11.6 Å². The van der Waals surface area contributed by atoms with Crippen molar-refractivity contribution in [1.29, 1.82) is 0 Å². The Balaban J connectivity index is 1.92. The Labute approximate surface area is 163 Å². The lowest BCUT2D eigenvalue weighted by Crippen LogP contribution is -2.43. The zero-order valence-electron chi connectivity index (χ0n) is 14.7. The molecule has 2 unspecified atom stereocenters. The van der Waals surface area contributed by atoms with Gasteiger partial charge < -0.3 is 9.26 Å². The number of aliphatic imine (C=N–C) groups is 1. The molecular formula is C19H18BrFN2O4. The second-order valence-electron chi connectivity index (χ2n) is 6.76. The third-order valence-electron chi connectivity index (χ3n) is 5.00. The summed E-state index contributed by atoms with van der Waals surface area (Å²) < 4.78 is 26.3. The minimum atomic E-state index is -0.603. The highest BCUT2D eigenvalue weighted by atomic mass is 79.9. The number of benzene rings is 1. The Kier molecular flexibility index (Phi) is 4.86. The minimum Gasteiger partial charge on any atom is -0.368 e. The Hall–Kier alpha value is -2.06. The molecule has 0 amide bonds. The van der Waals surface area contributed by atoms with E-state index in [9.17, 15) is 14.0 Å². The Morgan fingerprint density at radius 1 is 1.30 bits per heavy atom. The molecule has 8 heteroatoms. The number of halogens is 2. The number of carbonyl (C=O) groups excluding carboxylic acids is 1. The van der Waals surface area contributed by atoms with Crippen molar-refractivity contribution in [2.45, 2.75) is 32.2 Å². The Morgan fingerprint density at radius 2 is 2.11 bits per heavy atom. The summed E-state index contributed by atoms with van der Waals surface area (Å²) in [5.74, 6) is -1.29. The number of ether oxygens (including phenoxy) is 1. The summed E-state index contributed by atoms with van der Waals surface area (Å²) in [6.07, 6.45) is 1.77. The van der Waals surface area contributed by atoms with Crippen LogP contribution in [0.1, 0.15) is 36.8 Å². The minimum absolute atomic E-state index is 0.0280. The third kappa shape index (κ3) is 3.10. The van der Waals surface area contributed by atoms with Gasteiger partial charge in [-0.05, 0) is 40.0 Å². The van der Waals surface area contributed by atoms with E-state index in [1.54, 1.807) is 12.1 Å². The predicted octanol–water partition coefficient (Wildman–Crippen LogP) is 3.58. The number of aromatic nitrogens is 1. The van der Waals surface area contributed by atoms with Gasteiger partial charge in [-0.15, -0.1) is 0 Å². The summed E-state index contributed by atoms with van der Waals surface area (Å²) in [6.45, 7) is 2.77. The first-order chi connectivity index (χ1) is 13.0. The highest BCUT2D eigenvalue weighted by molar-refractivity contribution is 9.10. The van der Waals surface area contributed by atoms with E-state index in [0.717, 1.165) is 12.8 Å².